The van der Waals surface area contributed by atoms with Crippen molar-refractivity contribution in [1.82, 2.24) is 0 Å². The standard InChI is InChI=1S/C15H20N2O3/c1-9-3-2-4-12(13(9)16)15(19)20-11-7-5-10(6-8-11)14(17)18/h2-4,10-11H,5-8,16H2,1H3,(H2,17,18). The van der Waals surface area contributed by atoms with Gasteiger partial charge in [0.2, 0.25) is 5.91 Å². The van der Waals surface area contributed by atoms with Gasteiger partial charge in [-0.3, -0.25) is 4.79 Å². The largest absolute Gasteiger partial charge is 0.459 e. The molecule has 4 N–H and O–H groups in total. The summed E-state index contributed by atoms with van der Waals surface area (Å²) >= 11 is 0. The number of rotatable bonds is 3. The number of amides is 1. The van der Waals surface area contributed by atoms with Crippen LogP contribution in [0.2, 0.25) is 0 Å². The lowest BCUT2D eigenvalue weighted by Gasteiger charge is -2.26. The summed E-state index contributed by atoms with van der Waals surface area (Å²) in [6.45, 7) is 1.85. The number of esters is 1. The van der Waals surface area contributed by atoms with E-state index in [1.54, 1.807) is 12.1 Å². The highest BCUT2D eigenvalue weighted by Gasteiger charge is 2.27. The number of carbonyl (C=O) groups excluding carboxylic acids is 2. The molecule has 1 saturated carbocycles. The number of benzene rings is 1. The predicted molar refractivity (Wildman–Crippen MR) is 75.9 cm³/mol. The first kappa shape index (κ1) is 14.4. The number of hydrogen-bond donors (Lipinski definition) is 2. The highest BCUT2D eigenvalue weighted by Crippen LogP contribution is 2.27. The number of nitrogens with two attached hydrogens (primary N) is 2. The average Bonchev–Trinajstić information content (AvgIpc) is 2.42. The molecule has 1 aliphatic carbocycles. The molecule has 0 unspecified atom stereocenters. The van der Waals surface area contributed by atoms with Crippen molar-refractivity contribution in [2.45, 2.75) is 38.7 Å². The fourth-order valence-corrected chi connectivity index (χ4v) is 2.54. The summed E-state index contributed by atoms with van der Waals surface area (Å²) in [4.78, 5) is 23.2. The van der Waals surface area contributed by atoms with Gasteiger partial charge in [0.05, 0.1) is 5.56 Å². The van der Waals surface area contributed by atoms with Gasteiger partial charge in [0, 0.05) is 11.6 Å². The summed E-state index contributed by atoms with van der Waals surface area (Å²) in [7, 11) is 0. The van der Waals surface area contributed by atoms with Crippen LogP contribution in [-0.2, 0) is 9.53 Å². The van der Waals surface area contributed by atoms with Crippen molar-refractivity contribution in [3.8, 4) is 0 Å². The molecule has 5 nitrogen and oxygen atoms in total. The Morgan fingerprint density at radius 3 is 2.45 bits per heavy atom. The van der Waals surface area contributed by atoms with Crippen molar-refractivity contribution in [1.29, 1.82) is 0 Å². The predicted octanol–water partition coefficient (Wildman–Crippen LogP) is 1.78. The van der Waals surface area contributed by atoms with Crippen molar-refractivity contribution in [2.24, 2.45) is 11.7 Å². The number of ether oxygens (including phenoxy) is 1. The minimum absolute atomic E-state index is 0.0889. The molecule has 1 aromatic rings. The summed E-state index contributed by atoms with van der Waals surface area (Å²) in [5.74, 6) is -0.750. The summed E-state index contributed by atoms with van der Waals surface area (Å²) in [5.41, 5.74) is 12.9. The Labute approximate surface area is 118 Å². The van der Waals surface area contributed by atoms with E-state index in [9.17, 15) is 9.59 Å². The molecule has 20 heavy (non-hydrogen) atoms. The van der Waals surface area contributed by atoms with E-state index in [0.29, 0.717) is 36.9 Å². The smallest absolute Gasteiger partial charge is 0.340 e. The van der Waals surface area contributed by atoms with Gasteiger partial charge in [-0.25, -0.2) is 4.79 Å². The molecular weight excluding hydrogens is 256 g/mol. The molecule has 108 valence electrons. The van der Waals surface area contributed by atoms with Gasteiger partial charge in [-0.05, 0) is 44.2 Å². The molecule has 0 heterocycles. The van der Waals surface area contributed by atoms with Crippen LogP contribution in [0, 0.1) is 12.8 Å². The maximum atomic E-state index is 12.1. The Hall–Kier alpha value is -2.04. The molecule has 0 radical (unpaired) electrons. The normalized spacial score (nSPS) is 22.2. The van der Waals surface area contributed by atoms with Gasteiger partial charge < -0.3 is 16.2 Å². The molecule has 0 spiro atoms. The van der Waals surface area contributed by atoms with E-state index < -0.39 is 5.97 Å². The minimum atomic E-state index is -0.395. The number of para-hydroxylation sites is 1. The van der Waals surface area contributed by atoms with Crippen LogP contribution in [0.5, 0.6) is 0 Å². The summed E-state index contributed by atoms with van der Waals surface area (Å²) in [5, 5.41) is 0. The van der Waals surface area contributed by atoms with Crippen LogP contribution in [0.3, 0.4) is 0 Å². The SMILES string of the molecule is Cc1cccc(C(=O)OC2CCC(C(N)=O)CC2)c1N. The van der Waals surface area contributed by atoms with Gasteiger partial charge >= 0.3 is 5.97 Å². The van der Waals surface area contributed by atoms with Crippen LogP contribution in [0.1, 0.15) is 41.6 Å². The first-order chi connectivity index (χ1) is 9.49. The van der Waals surface area contributed by atoms with Gasteiger partial charge in [0.15, 0.2) is 0 Å². The Kier molecular flexibility index (Phi) is 4.27. The summed E-state index contributed by atoms with van der Waals surface area (Å²) < 4.78 is 5.47. The van der Waals surface area contributed by atoms with Crippen molar-refractivity contribution >= 4 is 17.6 Å². The van der Waals surface area contributed by atoms with Crippen LogP contribution in [0.4, 0.5) is 5.69 Å². The maximum Gasteiger partial charge on any atom is 0.340 e. The minimum Gasteiger partial charge on any atom is -0.459 e. The Bertz CT molecular complexity index is 520. The quantitative estimate of drug-likeness (QED) is 0.649. The summed E-state index contributed by atoms with van der Waals surface area (Å²) in [6, 6.07) is 5.30. The first-order valence-electron chi connectivity index (χ1n) is 6.84. The molecule has 1 amide bonds. The van der Waals surface area contributed by atoms with Crippen molar-refractivity contribution in [2.75, 3.05) is 5.73 Å². The molecule has 0 saturated heterocycles. The number of nitrogen functional groups attached to an aromatic ring is 1. The van der Waals surface area contributed by atoms with E-state index in [1.165, 1.54) is 0 Å². The van der Waals surface area contributed by atoms with Crippen molar-refractivity contribution in [3.63, 3.8) is 0 Å². The second-order valence-corrected chi connectivity index (χ2v) is 5.32. The van der Waals surface area contributed by atoms with Gasteiger partial charge in [0.25, 0.3) is 0 Å². The van der Waals surface area contributed by atoms with E-state index in [-0.39, 0.29) is 17.9 Å². The second-order valence-electron chi connectivity index (χ2n) is 5.32. The zero-order valence-electron chi connectivity index (χ0n) is 11.6. The molecule has 0 aromatic heterocycles. The van der Waals surface area contributed by atoms with E-state index in [4.69, 9.17) is 16.2 Å². The van der Waals surface area contributed by atoms with E-state index in [2.05, 4.69) is 0 Å². The topological polar surface area (TPSA) is 95.4 Å². The van der Waals surface area contributed by atoms with Crippen LogP contribution >= 0.6 is 0 Å². The molecule has 1 fully saturated rings. The second kappa shape index (κ2) is 5.94. The van der Waals surface area contributed by atoms with Crippen LogP contribution in [0.25, 0.3) is 0 Å². The number of aryl methyl sites for hydroxylation is 1. The van der Waals surface area contributed by atoms with Crippen LogP contribution in [0.15, 0.2) is 18.2 Å². The molecule has 0 bridgehead atoms. The first-order valence-corrected chi connectivity index (χ1v) is 6.84. The fourth-order valence-electron chi connectivity index (χ4n) is 2.54. The lowest BCUT2D eigenvalue weighted by Crippen LogP contribution is -2.31. The Balaban J connectivity index is 1.96. The van der Waals surface area contributed by atoms with Crippen molar-refractivity contribution < 1.29 is 14.3 Å². The molecule has 1 aromatic carbocycles. The highest BCUT2D eigenvalue weighted by atomic mass is 16.5. The van der Waals surface area contributed by atoms with Crippen LogP contribution < -0.4 is 11.5 Å². The molecule has 2 rings (SSSR count). The van der Waals surface area contributed by atoms with Gasteiger partial charge in [-0.15, -0.1) is 0 Å². The molecule has 1 aliphatic rings. The third kappa shape index (κ3) is 3.10. The number of anilines is 1. The van der Waals surface area contributed by atoms with Crippen molar-refractivity contribution in [3.05, 3.63) is 29.3 Å². The average molecular weight is 276 g/mol. The van der Waals surface area contributed by atoms with Gasteiger partial charge in [-0.1, -0.05) is 12.1 Å². The Morgan fingerprint density at radius 2 is 1.85 bits per heavy atom. The van der Waals surface area contributed by atoms with Gasteiger partial charge in [-0.2, -0.15) is 0 Å². The molecule has 0 aliphatic heterocycles. The lowest BCUT2D eigenvalue weighted by atomic mass is 9.87. The molecule has 5 heteroatoms. The van der Waals surface area contributed by atoms with Crippen LogP contribution in [-0.4, -0.2) is 18.0 Å². The number of primary amides is 1. The third-order valence-corrected chi connectivity index (χ3v) is 3.89. The lowest BCUT2D eigenvalue weighted by molar-refractivity contribution is -0.123. The van der Waals surface area contributed by atoms with E-state index in [0.717, 1.165) is 5.56 Å². The highest BCUT2D eigenvalue weighted by molar-refractivity contribution is 5.95. The molecular formula is C15H20N2O3. The third-order valence-electron chi connectivity index (χ3n) is 3.89. The van der Waals surface area contributed by atoms with E-state index >= 15 is 0 Å². The zero-order valence-corrected chi connectivity index (χ0v) is 11.6. The fraction of sp³-hybridized carbons (Fsp3) is 0.467. The van der Waals surface area contributed by atoms with E-state index in [1.807, 2.05) is 13.0 Å². The monoisotopic (exact) mass is 276 g/mol. The number of hydrogen-bond acceptors (Lipinski definition) is 4. The summed E-state index contributed by atoms with van der Waals surface area (Å²) in [6.07, 6.45) is 2.54. The zero-order chi connectivity index (χ0) is 14.7. The molecule has 0 atom stereocenters. The maximum absolute atomic E-state index is 12.1. The Morgan fingerprint density at radius 1 is 1.20 bits per heavy atom. The number of carbonyl (C=O) groups is 2. The van der Waals surface area contributed by atoms with Gasteiger partial charge in [0.1, 0.15) is 6.10 Å².